The van der Waals surface area contributed by atoms with Crippen LogP contribution in [0.3, 0.4) is 0 Å². The number of anilines is 1. The van der Waals surface area contributed by atoms with Gasteiger partial charge in [-0.15, -0.1) is 0 Å². The summed E-state index contributed by atoms with van der Waals surface area (Å²) in [6, 6.07) is 1.86. The van der Waals surface area contributed by atoms with Gasteiger partial charge in [0.15, 0.2) is 5.84 Å². The molecule has 17 heavy (non-hydrogen) atoms. The second-order valence-electron chi connectivity index (χ2n) is 3.91. The fraction of sp³-hybridized carbons (Fsp3) is 0.455. The van der Waals surface area contributed by atoms with Crippen LogP contribution >= 0.6 is 0 Å². The smallest absolute Gasteiger partial charge is 0.174 e. The van der Waals surface area contributed by atoms with Gasteiger partial charge in [-0.2, -0.15) is 0 Å². The van der Waals surface area contributed by atoms with Gasteiger partial charge < -0.3 is 20.9 Å². The third-order valence-electron chi connectivity index (χ3n) is 2.49. The van der Waals surface area contributed by atoms with Gasteiger partial charge in [-0.25, -0.2) is 4.98 Å². The third kappa shape index (κ3) is 2.85. The SMILES string of the molecule is Cc1cc(C)c(/C(N)=N/O)c(N(C)CCO)n1. The van der Waals surface area contributed by atoms with Crippen LogP contribution in [0.2, 0.25) is 0 Å². The van der Waals surface area contributed by atoms with E-state index < -0.39 is 0 Å². The highest BCUT2D eigenvalue weighted by atomic mass is 16.4. The van der Waals surface area contributed by atoms with Crippen molar-refractivity contribution < 1.29 is 10.3 Å². The van der Waals surface area contributed by atoms with Gasteiger partial charge in [-0.3, -0.25) is 0 Å². The van der Waals surface area contributed by atoms with Gasteiger partial charge in [0.1, 0.15) is 5.82 Å². The average molecular weight is 238 g/mol. The molecule has 0 unspecified atom stereocenters. The number of hydrogen-bond donors (Lipinski definition) is 3. The molecule has 0 amide bonds. The maximum absolute atomic E-state index is 8.94. The highest BCUT2D eigenvalue weighted by molar-refractivity contribution is 6.02. The molecule has 6 heteroatoms. The number of likely N-dealkylation sites (N-methyl/N-ethyl adjacent to an activating group) is 1. The zero-order valence-electron chi connectivity index (χ0n) is 10.3. The quantitative estimate of drug-likeness (QED) is 0.302. The molecule has 1 aromatic heterocycles. The van der Waals surface area contributed by atoms with Crippen molar-refractivity contribution in [1.82, 2.24) is 4.98 Å². The first-order chi connectivity index (χ1) is 8.01. The van der Waals surface area contributed by atoms with E-state index in [1.165, 1.54) is 0 Å². The van der Waals surface area contributed by atoms with Crippen molar-refractivity contribution in [3.8, 4) is 0 Å². The maximum Gasteiger partial charge on any atom is 0.174 e. The molecule has 0 aliphatic heterocycles. The monoisotopic (exact) mass is 238 g/mol. The highest BCUT2D eigenvalue weighted by Crippen LogP contribution is 2.21. The molecule has 1 heterocycles. The van der Waals surface area contributed by atoms with Crippen molar-refractivity contribution in [3.05, 3.63) is 22.9 Å². The van der Waals surface area contributed by atoms with E-state index in [-0.39, 0.29) is 12.4 Å². The van der Waals surface area contributed by atoms with Crippen LogP contribution in [0.15, 0.2) is 11.2 Å². The summed E-state index contributed by atoms with van der Waals surface area (Å²) in [5.41, 5.74) is 7.97. The van der Waals surface area contributed by atoms with Crippen LogP contribution in [-0.2, 0) is 0 Å². The number of nitrogens with zero attached hydrogens (tertiary/aromatic N) is 3. The molecule has 0 saturated carbocycles. The summed E-state index contributed by atoms with van der Waals surface area (Å²) in [5.74, 6) is 0.627. The molecule has 4 N–H and O–H groups in total. The molecule has 0 aromatic carbocycles. The Kier molecular flexibility index (Phi) is 4.28. The zero-order valence-corrected chi connectivity index (χ0v) is 10.3. The first-order valence-corrected chi connectivity index (χ1v) is 5.29. The minimum absolute atomic E-state index is 0.0147. The molecule has 0 bridgehead atoms. The van der Waals surface area contributed by atoms with Crippen molar-refractivity contribution in [1.29, 1.82) is 0 Å². The number of pyridine rings is 1. The van der Waals surface area contributed by atoms with Gasteiger partial charge in [-0.05, 0) is 25.5 Å². The van der Waals surface area contributed by atoms with Crippen LogP contribution < -0.4 is 10.6 Å². The summed E-state index contributed by atoms with van der Waals surface area (Å²) in [4.78, 5) is 6.14. The summed E-state index contributed by atoms with van der Waals surface area (Å²) in [7, 11) is 1.80. The van der Waals surface area contributed by atoms with E-state index in [2.05, 4.69) is 10.1 Å². The Hall–Kier alpha value is -1.82. The third-order valence-corrected chi connectivity index (χ3v) is 2.49. The van der Waals surface area contributed by atoms with Crippen LogP contribution in [0, 0.1) is 13.8 Å². The number of aliphatic hydroxyl groups is 1. The highest BCUT2D eigenvalue weighted by Gasteiger charge is 2.16. The molecule has 94 valence electrons. The molecule has 0 fully saturated rings. The fourth-order valence-electron chi connectivity index (χ4n) is 1.72. The summed E-state index contributed by atoms with van der Waals surface area (Å²) < 4.78 is 0. The van der Waals surface area contributed by atoms with E-state index in [9.17, 15) is 0 Å². The predicted octanol–water partition coefficient (Wildman–Crippen LogP) is 0.221. The second kappa shape index (κ2) is 5.49. The van der Waals surface area contributed by atoms with E-state index in [0.29, 0.717) is 17.9 Å². The lowest BCUT2D eigenvalue weighted by atomic mass is 10.1. The molecule has 0 radical (unpaired) electrons. The van der Waals surface area contributed by atoms with Crippen LogP contribution in [0.5, 0.6) is 0 Å². The number of amidine groups is 1. The molecular weight excluding hydrogens is 220 g/mol. The Morgan fingerprint density at radius 1 is 1.53 bits per heavy atom. The molecule has 0 spiro atoms. The van der Waals surface area contributed by atoms with Gasteiger partial charge in [0, 0.05) is 19.3 Å². The Bertz CT molecular complexity index is 432. The summed E-state index contributed by atoms with van der Waals surface area (Å²) in [6.07, 6.45) is 0. The normalized spacial score (nSPS) is 11.6. The molecule has 1 aromatic rings. The van der Waals surface area contributed by atoms with Crippen molar-refractivity contribution in [3.63, 3.8) is 0 Å². The number of nitrogens with two attached hydrogens (primary N) is 1. The molecule has 0 atom stereocenters. The minimum atomic E-state index is 0.0147. The zero-order chi connectivity index (χ0) is 13.0. The number of aliphatic hydroxyl groups excluding tert-OH is 1. The van der Waals surface area contributed by atoms with Crippen LogP contribution in [0.1, 0.15) is 16.8 Å². The Morgan fingerprint density at radius 3 is 2.71 bits per heavy atom. The molecule has 0 saturated heterocycles. The topological polar surface area (TPSA) is 95.0 Å². The van der Waals surface area contributed by atoms with E-state index in [1.807, 2.05) is 19.9 Å². The Morgan fingerprint density at radius 2 is 2.18 bits per heavy atom. The van der Waals surface area contributed by atoms with E-state index in [1.54, 1.807) is 11.9 Å². The Balaban J connectivity index is 3.35. The van der Waals surface area contributed by atoms with Crippen molar-refractivity contribution in [2.75, 3.05) is 25.1 Å². The predicted molar refractivity (Wildman–Crippen MR) is 66.6 cm³/mol. The standard InChI is InChI=1S/C11H18N4O2/c1-7-6-8(2)13-11(15(3)4-5-16)9(7)10(12)14-17/h6,16-17H,4-5H2,1-3H3,(H2,12,14). The number of aromatic nitrogens is 1. The molecule has 6 nitrogen and oxygen atoms in total. The first-order valence-electron chi connectivity index (χ1n) is 5.29. The van der Waals surface area contributed by atoms with Crippen molar-refractivity contribution in [2.24, 2.45) is 10.9 Å². The number of oxime groups is 1. The lowest BCUT2D eigenvalue weighted by molar-refractivity contribution is 0.303. The first kappa shape index (κ1) is 13.2. The molecule has 0 aliphatic rings. The Labute approximate surface area is 100 Å². The van der Waals surface area contributed by atoms with Crippen LogP contribution in [0.25, 0.3) is 0 Å². The van der Waals surface area contributed by atoms with Gasteiger partial charge in [0.05, 0.1) is 12.2 Å². The van der Waals surface area contributed by atoms with E-state index in [4.69, 9.17) is 16.0 Å². The van der Waals surface area contributed by atoms with Gasteiger partial charge >= 0.3 is 0 Å². The van der Waals surface area contributed by atoms with Crippen LogP contribution in [0.4, 0.5) is 5.82 Å². The summed E-state index contributed by atoms with van der Waals surface area (Å²) in [5, 5.41) is 20.7. The summed E-state index contributed by atoms with van der Waals surface area (Å²) >= 11 is 0. The van der Waals surface area contributed by atoms with Crippen molar-refractivity contribution >= 4 is 11.7 Å². The molecule has 0 aliphatic carbocycles. The average Bonchev–Trinajstić information content (AvgIpc) is 2.27. The van der Waals surface area contributed by atoms with Crippen molar-refractivity contribution in [2.45, 2.75) is 13.8 Å². The van der Waals surface area contributed by atoms with Crippen LogP contribution in [-0.4, -0.2) is 41.3 Å². The molecular formula is C11H18N4O2. The fourth-order valence-corrected chi connectivity index (χ4v) is 1.72. The van der Waals surface area contributed by atoms with E-state index in [0.717, 1.165) is 11.3 Å². The number of rotatable bonds is 4. The maximum atomic E-state index is 8.94. The number of hydrogen-bond acceptors (Lipinski definition) is 5. The second-order valence-corrected chi connectivity index (χ2v) is 3.91. The van der Waals surface area contributed by atoms with E-state index >= 15 is 0 Å². The van der Waals surface area contributed by atoms with Gasteiger partial charge in [-0.1, -0.05) is 5.16 Å². The number of aryl methyl sites for hydroxylation is 2. The minimum Gasteiger partial charge on any atom is -0.409 e. The van der Waals surface area contributed by atoms with Gasteiger partial charge in [0.2, 0.25) is 0 Å². The summed E-state index contributed by atoms with van der Waals surface area (Å²) in [6.45, 7) is 4.19. The lowest BCUT2D eigenvalue weighted by Gasteiger charge is -2.21. The largest absolute Gasteiger partial charge is 0.409 e. The lowest BCUT2D eigenvalue weighted by Crippen LogP contribution is -2.27. The molecule has 1 rings (SSSR count). The van der Waals surface area contributed by atoms with Gasteiger partial charge in [0.25, 0.3) is 0 Å².